The van der Waals surface area contributed by atoms with E-state index < -0.39 is 0 Å². The highest BCUT2D eigenvalue weighted by atomic mass is 35.5. The van der Waals surface area contributed by atoms with Crippen LogP contribution in [-0.4, -0.2) is 15.5 Å². The van der Waals surface area contributed by atoms with E-state index in [1.165, 1.54) is 10.5 Å². The third kappa shape index (κ3) is 1.98. The zero-order valence-electron chi connectivity index (χ0n) is 9.56. The van der Waals surface area contributed by atoms with Crippen LogP contribution < -0.4 is 0 Å². The summed E-state index contributed by atoms with van der Waals surface area (Å²) in [4.78, 5) is 1.41. The molecule has 0 radical (unpaired) electrons. The third-order valence-electron chi connectivity index (χ3n) is 3.24. The van der Waals surface area contributed by atoms with E-state index in [2.05, 4.69) is 29.4 Å². The maximum absolute atomic E-state index is 6.03. The van der Waals surface area contributed by atoms with Crippen LogP contribution in [-0.2, 0) is 6.54 Å². The van der Waals surface area contributed by atoms with Gasteiger partial charge in [0.25, 0.3) is 0 Å². The van der Waals surface area contributed by atoms with Crippen molar-refractivity contribution in [2.45, 2.75) is 24.3 Å². The Labute approximate surface area is 110 Å². The molecule has 17 heavy (non-hydrogen) atoms. The van der Waals surface area contributed by atoms with E-state index in [4.69, 9.17) is 11.6 Å². The average Bonchev–Trinajstić information content (AvgIpc) is 2.89. The zero-order valence-corrected chi connectivity index (χ0v) is 11.1. The minimum atomic E-state index is 0.547. The van der Waals surface area contributed by atoms with Gasteiger partial charge in [0.2, 0.25) is 0 Å². The number of rotatable bonds is 2. The van der Waals surface area contributed by atoms with E-state index in [-0.39, 0.29) is 0 Å². The van der Waals surface area contributed by atoms with Crippen molar-refractivity contribution >= 4 is 23.4 Å². The van der Waals surface area contributed by atoms with Crippen molar-refractivity contribution in [3.05, 3.63) is 46.7 Å². The van der Waals surface area contributed by atoms with Crippen molar-refractivity contribution in [1.82, 2.24) is 9.78 Å². The van der Waals surface area contributed by atoms with Crippen molar-refractivity contribution in [3.8, 4) is 0 Å². The predicted molar refractivity (Wildman–Crippen MR) is 71.9 cm³/mol. The van der Waals surface area contributed by atoms with Gasteiger partial charge < -0.3 is 0 Å². The average molecular weight is 265 g/mol. The summed E-state index contributed by atoms with van der Waals surface area (Å²) in [6, 6.07) is 8.63. The standard InChI is InChI=1S/C13H13ClN2S/c1-9-12(14)6-15-16(9)7-10-8-17-13-5-3-2-4-11(10)13/h2-6,10H,7-8H2,1H3. The fourth-order valence-electron chi connectivity index (χ4n) is 2.20. The Kier molecular flexibility index (Phi) is 2.89. The van der Waals surface area contributed by atoms with E-state index in [9.17, 15) is 0 Å². The zero-order chi connectivity index (χ0) is 11.8. The molecule has 2 nitrogen and oxygen atoms in total. The normalized spacial score (nSPS) is 18.4. The Morgan fingerprint density at radius 1 is 1.47 bits per heavy atom. The van der Waals surface area contributed by atoms with Crippen LogP contribution in [0.3, 0.4) is 0 Å². The summed E-state index contributed by atoms with van der Waals surface area (Å²) in [6.07, 6.45) is 1.73. The number of thioether (sulfide) groups is 1. The fraction of sp³-hybridized carbons (Fsp3) is 0.308. The first kappa shape index (κ1) is 11.2. The summed E-state index contributed by atoms with van der Waals surface area (Å²) in [6.45, 7) is 2.94. The van der Waals surface area contributed by atoms with Gasteiger partial charge in [0.05, 0.1) is 16.9 Å². The van der Waals surface area contributed by atoms with Gasteiger partial charge in [-0.3, -0.25) is 4.68 Å². The Morgan fingerprint density at radius 3 is 3.06 bits per heavy atom. The van der Waals surface area contributed by atoms with E-state index in [0.29, 0.717) is 5.92 Å². The van der Waals surface area contributed by atoms with Crippen LogP contribution in [0.25, 0.3) is 0 Å². The third-order valence-corrected chi connectivity index (χ3v) is 4.86. The van der Waals surface area contributed by atoms with Crippen molar-refractivity contribution in [2.24, 2.45) is 0 Å². The monoisotopic (exact) mass is 264 g/mol. The molecular weight excluding hydrogens is 252 g/mol. The molecular formula is C13H13ClN2S. The first-order valence-electron chi connectivity index (χ1n) is 5.65. The highest BCUT2D eigenvalue weighted by molar-refractivity contribution is 7.99. The van der Waals surface area contributed by atoms with Crippen LogP contribution in [0.4, 0.5) is 0 Å². The summed E-state index contributed by atoms with van der Waals surface area (Å²) in [5.41, 5.74) is 2.50. The molecule has 0 amide bonds. The second-order valence-electron chi connectivity index (χ2n) is 4.31. The van der Waals surface area contributed by atoms with E-state index in [1.807, 2.05) is 23.4 Å². The fourth-order valence-corrected chi connectivity index (χ4v) is 3.58. The molecule has 1 unspecified atom stereocenters. The molecule has 0 spiro atoms. The van der Waals surface area contributed by atoms with Crippen molar-refractivity contribution < 1.29 is 0 Å². The van der Waals surface area contributed by atoms with Crippen molar-refractivity contribution in [2.75, 3.05) is 5.75 Å². The number of hydrogen-bond donors (Lipinski definition) is 0. The van der Waals surface area contributed by atoms with E-state index in [0.717, 1.165) is 23.0 Å². The van der Waals surface area contributed by atoms with Gasteiger partial charge in [-0.25, -0.2) is 0 Å². The minimum Gasteiger partial charge on any atom is -0.268 e. The number of nitrogens with zero attached hydrogens (tertiary/aromatic N) is 2. The molecule has 1 aromatic heterocycles. The quantitative estimate of drug-likeness (QED) is 0.823. The number of aromatic nitrogens is 2. The van der Waals surface area contributed by atoms with Gasteiger partial charge in [-0.05, 0) is 18.6 Å². The molecule has 1 atom stereocenters. The molecule has 0 N–H and O–H groups in total. The minimum absolute atomic E-state index is 0.547. The Morgan fingerprint density at radius 2 is 2.29 bits per heavy atom. The first-order valence-corrected chi connectivity index (χ1v) is 7.01. The highest BCUT2D eigenvalue weighted by Gasteiger charge is 2.23. The molecule has 88 valence electrons. The second kappa shape index (κ2) is 4.39. The van der Waals surface area contributed by atoms with Crippen LogP contribution in [0.15, 0.2) is 35.4 Å². The molecule has 0 fully saturated rings. The summed E-state index contributed by atoms with van der Waals surface area (Å²) in [5.74, 6) is 1.68. The van der Waals surface area contributed by atoms with Crippen LogP contribution in [0.5, 0.6) is 0 Å². The highest BCUT2D eigenvalue weighted by Crippen LogP contribution is 2.40. The van der Waals surface area contributed by atoms with Gasteiger partial charge in [-0.15, -0.1) is 11.8 Å². The van der Waals surface area contributed by atoms with Crippen LogP contribution in [0.1, 0.15) is 17.2 Å². The summed E-state index contributed by atoms with van der Waals surface area (Å²) in [7, 11) is 0. The summed E-state index contributed by atoms with van der Waals surface area (Å²) < 4.78 is 2.01. The van der Waals surface area contributed by atoms with Gasteiger partial charge in [-0.1, -0.05) is 29.8 Å². The maximum Gasteiger partial charge on any atom is 0.0814 e. The van der Waals surface area contributed by atoms with Crippen LogP contribution in [0, 0.1) is 6.92 Å². The Balaban J connectivity index is 1.86. The summed E-state index contributed by atoms with van der Waals surface area (Å²) >= 11 is 7.96. The Hall–Kier alpha value is -0.930. The summed E-state index contributed by atoms with van der Waals surface area (Å²) in [5, 5.41) is 5.08. The lowest BCUT2D eigenvalue weighted by atomic mass is 10.0. The molecule has 0 saturated carbocycles. The molecule has 3 rings (SSSR count). The van der Waals surface area contributed by atoms with Gasteiger partial charge in [0.1, 0.15) is 0 Å². The van der Waals surface area contributed by atoms with Crippen LogP contribution in [0.2, 0.25) is 5.02 Å². The molecule has 4 heteroatoms. The lowest BCUT2D eigenvalue weighted by Crippen LogP contribution is -2.11. The largest absolute Gasteiger partial charge is 0.268 e. The molecule has 0 saturated heterocycles. The number of halogens is 1. The van der Waals surface area contributed by atoms with Crippen LogP contribution >= 0.6 is 23.4 Å². The van der Waals surface area contributed by atoms with E-state index >= 15 is 0 Å². The van der Waals surface area contributed by atoms with Gasteiger partial charge in [0.15, 0.2) is 0 Å². The Bertz CT molecular complexity index is 550. The van der Waals surface area contributed by atoms with Gasteiger partial charge >= 0.3 is 0 Å². The van der Waals surface area contributed by atoms with E-state index in [1.54, 1.807) is 6.20 Å². The molecule has 2 aromatic rings. The number of benzene rings is 1. The molecule has 2 heterocycles. The molecule has 1 aliphatic heterocycles. The smallest absolute Gasteiger partial charge is 0.0814 e. The lowest BCUT2D eigenvalue weighted by molar-refractivity contribution is 0.537. The van der Waals surface area contributed by atoms with Crippen molar-refractivity contribution in [1.29, 1.82) is 0 Å². The predicted octanol–water partition coefficient (Wildman–Crippen LogP) is 3.73. The molecule has 1 aromatic carbocycles. The molecule has 0 bridgehead atoms. The van der Waals surface area contributed by atoms with Crippen molar-refractivity contribution in [3.63, 3.8) is 0 Å². The lowest BCUT2D eigenvalue weighted by Gasteiger charge is -2.12. The van der Waals surface area contributed by atoms with Gasteiger partial charge in [-0.2, -0.15) is 5.10 Å². The van der Waals surface area contributed by atoms with Gasteiger partial charge in [0, 0.05) is 23.1 Å². The second-order valence-corrected chi connectivity index (χ2v) is 5.77. The number of fused-ring (bicyclic) bond motifs is 1. The topological polar surface area (TPSA) is 17.8 Å². The maximum atomic E-state index is 6.03. The number of hydrogen-bond acceptors (Lipinski definition) is 2. The molecule has 1 aliphatic rings. The first-order chi connectivity index (χ1) is 8.25. The SMILES string of the molecule is Cc1c(Cl)cnn1CC1CSc2ccccc21. The molecule has 0 aliphatic carbocycles.